The van der Waals surface area contributed by atoms with Crippen LogP contribution in [0.25, 0.3) is 6.08 Å². The van der Waals surface area contributed by atoms with Gasteiger partial charge in [-0.15, -0.1) is 0 Å². The maximum atomic E-state index is 12.5. The third-order valence-corrected chi connectivity index (χ3v) is 4.10. The van der Waals surface area contributed by atoms with E-state index < -0.39 is 5.91 Å². The summed E-state index contributed by atoms with van der Waals surface area (Å²) in [5.41, 5.74) is 0.689. The highest BCUT2D eigenvalue weighted by Gasteiger charge is 2.15. The molecule has 0 saturated carbocycles. The van der Waals surface area contributed by atoms with Crippen molar-refractivity contribution < 1.29 is 19.0 Å². The number of nitriles is 1. The molecule has 0 atom stereocenters. The minimum Gasteiger partial charge on any atom is -0.493 e. The molecule has 0 fully saturated rings. The van der Waals surface area contributed by atoms with Crippen LogP contribution in [0, 0.1) is 11.3 Å². The fourth-order valence-electron chi connectivity index (χ4n) is 2.28. The molecule has 0 bridgehead atoms. The number of halogens is 2. The van der Waals surface area contributed by atoms with Crippen LogP contribution in [-0.4, -0.2) is 27.2 Å². The summed E-state index contributed by atoms with van der Waals surface area (Å²) in [5.74, 6) is 0.582. The van der Waals surface area contributed by atoms with Gasteiger partial charge < -0.3 is 19.5 Å². The molecule has 0 aliphatic carbocycles. The first-order chi connectivity index (χ1) is 12.9. The monoisotopic (exact) mass is 406 g/mol. The summed E-state index contributed by atoms with van der Waals surface area (Å²) >= 11 is 11.9. The largest absolute Gasteiger partial charge is 0.493 e. The Morgan fingerprint density at radius 2 is 1.70 bits per heavy atom. The summed E-state index contributed by atoms with van der Waals surface area (Å²) in [4.78, 5) is 12.5. The van der Waals surface area contributed by atoms with Gasteiger partial charge in [0.15, 0.2) is 11.5 Å². The van der Waals surface area contributed by atoms with Gasteiger partial charge in [-0.25, -0.2) is 0 Å². The smallest absolute Gasteiger partial charge is 0.266 e. The lowest BCUT2D eigenvalue weighted by molar-refractivity contribution is -0.112. The third kappa shape index (κ3) is 4.85. The van der Waals surface area contributed by atoms with Crippen molar-refractivity contribution >= 4 is 40.9 Å². The number of nitrogens with one attached hydrogen (secondary N) is 1. The average molecular weight is 407 g/mol. The van der Waals surface area contributed by atoms with Gasteiger partial charge in [-0.1, -0.05) is 23.2 Å². The number of anilines is 1. The summed E-state index contributed by atoms with van der Waals surface area (Å²) in [6.45, 7) is 0. The Morgan fingerprint density at radius 1 is 1.07 bits per heavy atom. The van der Waals surface area contributed by atoms with Crippen LogP contribution in [-0.2, 0) is 4.79 Å². The highest BCUT2D eigenvalue weighted by molar-refractivity contribution is 6.36. The lowest BCUT2D eigenvalue weighted by Crippen LogP contribution is -2.13. The molecule has 1 N–H and O–H groups in total. The number of carbonyl (C=O) groups excluding carboxylic acids is 1. The van der Waals surface area contributed by atoms with Gasteiger partial charge in [0.2, 0.25) is 5.75 Å². The van der Waals surface area contributed by atoms with E-state index >= 15 is 0 Å². The molecule has 2 aromatic carbocycles. The minimum absolute atomic E-state index is 0.139. The summed E-state index contributed by atoms with van der Waals surface area (Å²) in [7, 11) is 4.44. The molecule has 0 aliphatic heterocycles. The van der Waals surface area contributed by atoms with Crippen LogP contribution in [0.3, 0.4) is 0 Å². The van der Waals surface area contributed by atoms with Gasteiger partial charge in [0.05, 0.1) is 32.0 Å². The summed E-state index contributed by atoms with van der Waals surface area (Å²) in [6.07, 6.45) is 1.40. The van der Waals surface area contributed by atoms with Crippen molar-refractivity contribution in [2.75, 3.05) is 26.6 Å². The second-order valence-electron chi connectivity index (χ2n) is 5.21. The second-order valence-corrected chi connectivity index (χ2v) is 6.05. The summed E-state index contributed by atoms with van der Waals surface area (Å²) < 4.78 is 15.8. The Balaban J connectivity index is 2.39. The lowest BCUT2D eigenvalue weighted by Gasteiger charge is -2.13. The fraction of sp³-hybridized carbons (Fsp3) is 0.158. The van der Waals surface area contributed by atoms with E-state index in [-0.39, 0.29) is 5.57 Å². The van der Waals surface area contributed by atoms with Crippen LogP contribution in [0.2, 0.25) is 10.0 Å². The van der Waals surface area contributed by atoms with Crippen molar-refractivity contribution in [3.63, 3.8) is 0 Å². The first-order valence-electron chi connectivity index (χ1n) is 7.61. The van der Waals surface area contributed by atoms with Crippen LogP contribution in [0.15, 0.2) is 35.9 Å². The van der Waals surface area contributed by atoms with E-state index in [1.54, 1.807) is 24.3 Å². The Hall–Kier alpha value is -2.88. The van der Waals surface area contributed by atoms with Gasteiger partial charge in [-0.2, -0.15) is 5.26 Å². The van der Waals surface area contributed by atoms with Crippen LogP contribution >= 0.6 is 23.2 Å². The minimum atomic E-state index is -0.629. The molecule has 140 valence electrons. The zero-order valence-electron chi connectivity index (χ0n) is 14.8. The van der Waals surface area contributed by atoms with Crippen LogP contribution in [0.4, 0.5) is 5.69 Å². The first-order valence-corrected chi connectivity index (χ1v) is 8.37. The average Bonchev–Trinajstić information content (AvgIpc) is 2.67. The van der Waals surface area contributed by atoms with Crippen molar-refractivity contribution in [3.8, 4) is 23.3 Å². The van der Waals surface area contributed by atoms with Crippen molar-refractivity contribution in [1.29, 1.82) is 5.26 Å². The van der Waals surface area contributed by atoms with Gasteiger partial charge >= 0.3 is 0 Å². The number of hydrogen-bond donors (Lipinski definition) is 1. The number of benzene rings is 2. The lowest BCUT2D eigenvalue weighted by atomic mass is 10.1. The van der Waals surface area contributed by atoms with Crippen molar-refractivity contribution in [3.05, 3.63) is 51.5 Å². The third-order valence-electron chi connectivity index (χ3n) is 3.54. The highest BCUT2D eigenvalue weighted by Crippen LogP contribution is 2.38. The molecule has 0 spiro atoms. The van der Waals surface area contributed by atoms with Gasteiger partial charge in [-0.3, -0.25) is 4.79 Å². The number of methoxy groups -OCH3 is 3. The zero-order valence-corrected chi connectivity index (χ0v) is 16.3. The Morgan fingerprint density at radius 3 is 2.22 bits per heavy atom. The van der Waals surface area contributed by atoms with E-state index in [1.165, 1.54) is 33.5 Å². The number of carbonyl (C=O) groups is 1. The number of amides is 1. The number of ether oxygens (including phenoxy) is 3. The van der Waals surface area contributed by atoms with E-state index in [0.29, 0.717) is 38.5 Å². The Labute approximate surface area is 166 Å². The SMILES string of the molecule is COc1cc(/C=C(\C#N)C(=O)Nc2cc(Cl)ccc2Cl)cc(OC)c1OC. The van der Waals surface area contributed by atoms with Crippen LogP contribution in [0.5, 0.6) is 17.2 Å². The van der Waals surface area contributed by atoms with Crippen LogP contribution in [0.1, 0.15) is 5.56 Å². The normalized spacial score (nSPS) is 10.7. The maximum absolute atomic E-state index is 12.5. The number of nitrogens with zero attached hydrogens (tertiary/aromatic N) is 1. The molecule has 1 amide bonds. The molecule has 6 nitrogen and oxygen atoms in total. The maximum Gasteiger partial charge on any atom is 0.266 e. The topological polar surface area (TPSA) is 80.6 Å². The van der Waals surface area contributed by atoms with Gasteiger partial charge in [0, 0.05) is 5.02 Å². The van der Waals surface area contributed by atoms with Gasteiger partial charge in [0.1, 0.15) is 11.6 Å². The first kappa shape index (κ1) is 20.4. The molecule has 0 saturated heterocycles. The Kier molecular flexibility index (Phi) is 6.94. The molecule has 0 radical (unpaired) electrons. The van der Waals surface area contributed by atoms with E-state index in [1.807, 2.05) is 6.07 Å². The highest BCUT2D eigenvalue weighted by atomic mass is 35.5. The van der Waals surface area contributed by atoms with Gasteiger partial charge in [-0.05, 0) is 42.0 Å². The van der Waals surface area contributed by atoms with E-state index in [2.05, 4.69) is 5.32 Å². The molecular formula is C19H16Cl2N2O4. The summed E-state index contributed by atoms with van der Waals surface area (Å²) in [6, 6.07) is 9.76. The van der Waals surface area contributed by atoms with Crippen molar-refractivity contribution in [1.82, 2.24) is 0 Å². The van der Waals surface area contributed by atoms with E-state index in [9.17, 15) is 10.1 Å². The van der Waals surface area contributed by atoms with E-state index in [0.717, 1.165) is 0 Å². The predicted octanol–water partition coefficient (Wildman–Crippen LogP) is 4.56. The van der Waals surface area contributed by atoms with Crippen molar-refractivity contribution in [2.24, 2.45) is 0 Å². The predicted molar refractivity (Wildman–Crippen MR) is 105 cm³/mol. The molecule has 2 aromatic rings. The second kappa shape index (κ2) is 9.17. The van der Waals surface area contributed by atoms with E-state index in [4.69, 9.17) is 37.4 Å². The number of rotatable bonds is 6. The number of hydrogen-bond acceptors (Lipinski definition) is 5. The standard InChI is InChI=1S/C19H16Cl2N2O4/c1-25-16-7-11(8-17(26-2)18(16)27-3)6-12(10-22)19(24)23-15-9-13(20)4-5-14(15)21/h4-9H,1-3H3,(H,23,24)/b12-6+. The van der Waals surface area contributed by atoms with Crippen molar-refractivity contribution in [2.45, 2.75) is 0 Å². The molecule has 2 rings (SSSR count). The Bertz CT molecular complexity index is 911. The molecule has 27 heavy (non-hydrogen) atoms. The van der Waals surface area contributed by atoms with Gasteiger partial charge in [0.25, 0.3) is 5.91 Å². The molecule has 0 aromatic heterocycles. The molecule has 8 heteroatoms. The molecule has 0 heterocycles. The fourth-order valence-corrected chi connectivity index (χ4v) is 2.62. The summed E-state index contributed by atoms with van der Waals surface area (Å²) in [5, 5.41) is 12.7. The molecular weight excluding hydrogens is 391 g/mol. The quantitative estimate of drug-likeness (QED) is 0.561. The zero-order chi connectivity index (χ0) is 20.0. The molecule has 0 unspecified atom stereocenters. The van der Waals surface area contributed by atoms with Crippen LogP contribution < -0.4 is 19.5 Å². The molecule has 0 aliphatic rings.